The summed E-state index contributed by atoms with van der Waals surface area (Å²) in [6, 6.07) is 0. The monoisotopic (exact) mass is 356 g/mol. The van der Waals surface area contributed by atoms with Crippen molar-refractivity contribution in [3.63, 3.8) is 0 Å². The van der Waals surface area contributed by atoms with Crippen LogP contribution in [0.25, 0.3) is 0 Å². The van der Waals surface area contributed by atoms with Gasteiger partial charge in [-0.05, 0) is 12.2 Å². The molecule has 0 aliphatic carbocycles. The van der Waals surface area contributed by atoms with Crippen molar-refractivity contribution in [2.75, 3.05) is 80.8 Å². The van der Waals surface area contributed by atoms with Crippen molar-refractivity contribution in [3.05, 3.63) is 25.3 Å². The summed E-state index contributed by atoms with van der Waals surface area (Å²) in [6.45, 7) is 13.5. The van der Waals surface area contributed by atoms with E-state index in [-0.39, 0.29) is 18.0 Å². The SMILES string of the molecule is C=CC[N+](C)(C)CC1OCC2(CO1)COC(C[N+](C)(C)CC=C)OC2. The van der Waals surface area contributed by atoms with Crippen LogP contribution in [0.3, 0.4) is 0 Å². The minimum atomic E-state index is -0.182. The molecule has 2 heterocycles. The Morgan fingerprint density at radius 3 is 1.36 bits per heavy atom. The maximum Gasteiger partial charge on any atom is 0.207 e. The van der Waals surface area contributed by atoms with E-state index in [4.69, 9.17) is 18.9 Å². The Kier molecular flexibility index (Phi) is 6.81. The van der Waals surface area contributed by atoms with Gasteiger partial charge in [0, 0.05) is 0 Å². The third-order valence-corrected chi connectivity index (χ3v) is 4.83. The quantitative estimate of drug-likeness (QED) is 0.484. The van der Waals surface area contributed by atoms with Crippen molar-refractivity contribution >= 4 is 0 Å². The third-order valence-electron chi connectivity index (χ3n) is 4.83. The number of rotatable bonds is 8. The van der Waals surface area contributed by atoms with Gasteiger partial charge in [0.05, 0.1) is 73.1 Å². The van der Waals surface area contributed by atoms with Gasteiger partial charge >= 0.3 is 0 Å². The summed E-state index contributed by atoms with van der Waals surface area (Å²) < 4.78 is 25.5. The van der Waals surface area contributed by atoms with Gasteiger partial charge in [0.2, 0.25) is 12.6 Å². The van der Waals surface area contributed by atoms with E-state index in [1.165, 1.54) is 0 Å². The molecule has 2 rings (SSSR count). The van der Waals surface area contributed by atoms with Crippen molar-refractivity contribution in [1.29, 1.82) is 0 Å². The molecule has 0 radical (unpaired) electrons. The first-order valence-electron chi connectivity index (χ1n) is 9.01. The molecule has 0 N–H and O–H groups in total. The van der Waals surface area contributed by atoms with E-state index in [0.717, 1.165) is 35.1 Å². The summed E-state index contributed by atoms with van der Waals surface area (Å²) in [4.78, 5) is 0. The zero-order valence-electron chi connectivity index (χ0n) is 16.4. The molecule has 0 saturated carbocycles. The molecule has 2 aliphatic rings. The first-order chi connectivity index (χ1) is 11.7. The normalized spacial score (nSPS) is 31.0. The summed E-state index contributed by atoms with van der Waals surface area (Å²) in [5.74, 6) is 0. The molecule has 2 aliphatic heterocycles. The smallest absolute Gasteiger partial charge is 0.207 e. The molecule has 0 bridgehead atoms. The van der Waals surface area contributed by atoms with Gasteiger partial charge in [0.15, 0.2) is 0 Å². The Bertz CT molecular complexity index is 403. The molecule has 144 valence electrons. The van der Waals surface area contributed by atoms with E-state index >= 15 is 0 Å². The zero-order valence-corrected chi connectivity index (χ0v) is 16.4. The predicted octanol–water partition coefficient (Wildman–Crippen LogP) is 1.24. The first-order valence-corrected chi connectivity index (χ1v) is 9.01. The van der Waals surface area contributed by atoms with Crippen LogP contribution in [0.15, 0.2) is 25.3 Å². The van der Waals surface area contributed by atoms with Crippen LogP contribution in [-0.4, -0.2) is 102 Å². The average Bonchev–Trinajstić information content (AvgIpc) is 2.51. The van der Waals surface area contributed by atoms with E-state index in [0.29, 0.717) is 26.4 Å². The number of hydrogen-bond acceptors (Lipinski definition) is 4. The predicted molar refractivity (Wildman–Crippen MR) is 97.9 cm³/mol. The van der Waals surface area contributed by atoms with Crippen LogP contribution < -0.4 is 0 Å². The van der Waals surface area contributed by atoms with Crippen LogP contribution in [0.2, 0.25) is 0 Å². The van der Waals surface area contributed by atoms with E-state index in [9.17, 15) is 0 Å². The highest BCUT2D eigenvalue weighted by Gasteiger charge is 2.44. The van der Waals surface area contributed by atoms with E-state index < -0.39 is 0 Å². The molecule has 0 unspecified atom stereocenters. The molecule has 6 heteroatoms. The van der Waals surface area contributed by atoms with Gasteiger partial charge in [0.1, 0.15) is 13.1 Å². The molecule has 0 atom stereocenters. The van der Waals surface area contributed by atoms with Crippen LogP contribution in [0.4, 0.5) is 0 Å². The van der Waals surface area contributed by atoms with Gasteiger partial charge in [-0.15, -0.1) is 0 Å². The average molecular weight is 357 g/mol. The highest BCUT2D eigenvalue weighted by atomic mass is 16.7. The Morgan fingerprint density at radius 2 is 1.08 bits per heavy atom. The molecule has 6 nitrogen and oxygen atoms in total. The zero-order chi connectivity index (χ0) is 18.6. The van der Waals surface area contributed by atoms with Crippen LogP contribution >= 0.6 is 0 Å². The fraction of sp³-hybridized carbons (Fsp3) is 0.789. The van der Waals surface area contributed by atoms with Crippen LogP contribution in [0, 0.1) is 5.41 Å². The molecular formula is C19H36N2O4+2. The maximum absolute atomic E-state index is 5.98. The number of nitrogens with zero attached hydrogens (tertiary/aromatic N) is 2. The van der Waals surface area contributed by atoms with Gasteiger partial charge in [-0.2, -0.15) is 0 Å². The van der Waals surface area contributed by atoms with Crippen LogP contribution in [-0.2, 0) is 18.9 Å². The second-order valence-electron chi connectivity index (χ2n) is 8.78. The van der Waals surface area contributed by atoms with Crippen molar-refractivity contribution in [2.45, 2.75) is 12.6 Å². The van der Waals surface area contributed by atoms with Crippen molar-refractivity contribution in [1.82, 2.24) is 0 Å². The summed E-state index contributed by atoms with van der Waals surface area (Å²) >= 11 is 0. The highest BCUT2D eigenvalue weighted by molar-refractivity contribution is 4.84. The van der Waals surface area contributed by atoms with E-state index in [1.54, 1.807) is 0 Å². The second kappa shape index (κ2) is 8.29. The van der Waals surface area contributed by atoms with Gasteiger partial charge in [-0.1, -0.05) is 13.2 Å². The Morgan fingerprint density at radius 1 is 0.760 bits per heavy atom. The van der Waals surface area contributed by atoms with Crippen molar-refractivity contribution < 1.29 is 27.9 Å². The Labute approximate surface area is 152 Å². The van der Waals surface area contributed by atoms with Gasteiger partial charge in [-0.25, -0.2) is 0 Å². The van der Waals surface area contributed by atoms with E-state index in [1.807, 2.05) is 12.2 Å². The number of quaternary nitrogens is 2. The summed E-state index contributed by atoms with van der Waals surface area (Å²) in [5, 5.41) is 0. The second-order valence-corrected chi connectivity index (χ2v) is 8.78. The lowest BCUT2D eigenvalue weighted by atomic mass is 9.91. The van der Waals surface area contributed by atoms with Gasteiger partial charge in [0.25, 0.3) is 0 Å². The van der Waals surface area contributed by atoms with Crippen LogP contribution in [0.1, 0.15) is 0 Å². The molecule has 0 aromatic heterocycles. The van der Waals surface area contributed by atoms with Gasteiger partial charge < -0.3 is 27.9 Å². The van der Waals surface area contributed by atoms with Crippen molar-refractivity contribution in [2.24, 2.45) is 5.41 Å². The Balaban J connectivity index is 1.77. The molecule has 2 saturated heterocycles. The lowest BCUT2D eigenvalue weighted by molar-refractivity contribution is -0.891. The minimum absolute atomic E-state index is 0.179. The molecule has 25 heavy (non-hydrogen) atoms. The maximum atomic E-state index is 5.98. The lowest BCUT2D eigenvalue weighted by Gasteiger charge is -2.45. The first kappa shape index (κ1) is 20.6. The third kappa shape index (κ3) is 6.16. The molecule has 1 spiro atoms. The van der Waals surface area contributed by atoms with Crippen molar-refractivity contribution in [3.8, 4) is 0 Å². The molecule has 0 amide bonds. The summed E-state index contributed by atoms with van der Waals surface area (Å²) in [7, 11) is 8.61. The van der Waals surface area contributed by atoms with E-state index in [2.05, 4.69) is 41.3 Å². The standard InChI is InChI=1S/C19H36N2O4/c1-7-9-20(3,4)11-17-22-13-19(14-23-17)15-24-18(25-16-19)12-21(5,6)10-8-2/h7-8,17-18H,1-2,9-16H2,3-6H3/q+2. The fourth-order valence-corrected chi connectivity index (χ4v) is 3.29. The summed E-state index contributed by atoms with van der Waals surface area (Å²) in [5.41, 5.74) is -0.182. The molecular weight excluding hydrogens is 320 g/mol. The summed E-state index contributed by atoms with van der Waals surface area (Å²) in [6.07, 6.45) is 3.50. The van der Waals surface area contributed by atoms with Crippen LogP contribution in [0.5, 0.6) is 0 Å². The number of hydrogen-bond donors (Lipinski definition) is 0. The Hall–Kier alpha value is -0.760. The minimum Gasteiger partial charge on any atom is -0.347 e. The number of ether oxygens (including phenoxy) is 4. The molecule has 0 aromatic carbocycles. The lowest BCUT2D eigenvalue weighted by Crippen LogP contribution is -2.57. The fourth-order valence-electron chi connectivity index (χ4n) is 3.29. The molecule has 0 aromatic rings. The number of likely N-dealkylation sites (N-methyl/N-ethyl adjacent to an activating group) is 2. The van der Waals surface area contributed by atoms with Gasteiger partial charge in [-0.3, -0.25) is 0 Å². The highest BCUT2D eigenvalue weighted by Crippen LogP contribution is 2.31. The topological polar surface area (TPSA) is 36.9 Å². The largest absolute Gasteiger partial charge is 0.347 e. The molecule has 2 fully saturated rings.